The Balaban J connectivity index is 1.49. The standard InChI is InChI=1S/C25H30N4O3/c1-15(2)22-12-19(20-13-26-29(16(3)4)24(20)28-22)25(31)32-14-23(30)27-21-11-7-9-17-8-5-6-10-18(17)21/h5-6,8,10,12-13,15-16,21H,7,9,11,14H2,1-4H3,(H,27,30). The van der Waals surface area contributed by atoms with Crippen molar-refractivity contribution in [2.45, 2.75) is 65.0 Å². The van der Waals surface area contributed by atoms with Crippen LogP contribution in [0.15, 0.2) is 36.5 Å². The molecule has 1 amide bonds. The molecule has 0 bridgehead atoms. The second kappa shape index (κ2) is 9.10. The third-order valence-electron chi connectivity index (χ3n) is 5.93. The van der Waals surface area contributed by atoms with Gasteiger partial charge in [-0.05, 0) is 56.2 Å². The van der Waals surface area contributed by atoms with Gasteiger partial charge in [0.05, 0.1) is 23.2 Å². The Morgan fingerprint density at radius 3 is 2.75 bits per heavy atom. The number of carbonyl (C=O) groups excluding carboxylic acids is 2. The highest BCUT2D eigenvalue weighted by Gasteiger charge is 2.23. The molecule has 168 valence electrons. The van der Waals surface area contributed by atoms with E-state index in [1.807, 2.05) is 39.8 Å². The molecular weight excluding hydrogens is 404 g/mol. The van der Waals surface area contributed by atoms with Crippen LogP contribution in [0.1, 0.15) is 85.7 Å². The van der Waals surface area contributed by atoms with Gasteiger partial charge in [-0.1, -0.05) is 38.1 Å². The summed E-state index contributed by atoms with van der Waals surface area (Å²) in [5, 5.41) is 8.06. The number of rotatable bonds is 6. The van der Waals surface area contributed by atoms with Crippen LogP contribution < -0.4 is 5.32 Å². The van der Waals surface area contributed by atoms with Crippen molar-refractivity contribution < 1.29 is 14.3 Å². The van der Waals surface area contributed by atoms with Crippen LogP contribution in [0.5, 0.6) is 0 Å². The van der Waals surface area contributed by atoms with E-state index in [0.29, 0.717) is 16.6 Å². The first-order chi connectivity index (χ1) is 15.3. The molecule has 0 saturated heterocycles. The Hall–Kier alpha value is -3.22. The molecule has 0 fully saturated rings. The van der Waals surface area contributed by atoms with E-state index in [9.17, 15) is 9.59 Å². The smallest absolute Gasteiger partial charge is 0.339 e. The molecule has 7 nitrogen and oxygen atoms in total. The van der Waals surface area contributed by atoms with Crippen LogP contribution in [-0.2, 0) is 16.0 Å². The number of ether oxygens (including phenoxy) is 1. The van der Waals surface area contributed by atoms with Gasteiger partial charge < -0.3 is 10.1 Å². The molecule has 0 saturated carbocycles. The lowest BCUT2D eigenvalue weighted by Gasteiger charge is -2.26. The molecule has 1 atom stereocenters. The highest BCUT2D eigenvalue weighted by molar-refractivity contribution is 6.03. The Labute approximate surface area is 188 Å². The summed E-state index contributed by atoms with van der Waals surface area (Å²) in [6, 6.07) is 9.97. The number of esters is 1. The fraction of sp³-hybridized carbons (Fsp3) is 0.440. The van der Waals surface area contributed by atoms with E-state index in [1.54, 1.807) is 16.9 Å². The number of pyridine rings is 1. The summed E-state index contributed by atoms with van der Waals surface area (Å²) in [6.45, 7) is 7.75. The summed E-state index contributed by atoms with van der Waals surface area (Å²) in [6.07, 6.45) is 4.57. The first-order valence-corrected chi connectivity index (χ1v) is 11.3. The highest BCUT2D eigenvalue weighted by Crippen LogP contribution is 2.29. The number of nitrogens with one attached hydrogen (secondary N) is 1. The zero-order valence-corrected chi connectivity index (χ0v) is 19.1. The zero-order chi connectivity index (χ0) is 22.8. The van der Waals surface area contributed by atoms with E-state index in [1.165, 1.54) is 5.56 Å². The van der Waals surface area contributed by atoms with Gasteiger partial charge in [0.2, 0.25) is 0 Å². The lowest BCUT2D eigenvalue weighted by Crippen LogP contribution is -2.34. The van der Waals surface area contributed by atoms with Crippen LogP contribution in [0.4, 0.5) is 0 Å². The van der Waals surface area contributed by atoms with Crippen molar-refractivity contribution in [2.24, 2.45) is 0 Å². The predicted octanol–water partition coefficient (Wildman–Crippen LogP) is 4.49. The fourth-order valence-electron chi connectivity index (χ4n) is 4.23. The molecule has 7 heteroatoms. The second-order valence-electron chi connectivity index (χ2n) is 8.96. The van der Waals surface area contributed by atoms with Gasteiger partial charge in [0.25, 0.3) is 5.91 Å². The minimum atomic E-state index is -0.540. The molecule has 0 radical (unpaired) electrons. The maximum atomic E-state index is 12.9. The average molecular weight is 435 g/mol. The first-order valence-electron chi connectivity index (χ1n) is 11.3. The number of carbonyl (C=O) groups is 2. The number of hydrogen-bond donors (Lipinski definition) is 1. The predicted molar refractivity (Wildman–Crippen MR) is 123 cm³/mol. The number of fused-ring (bicyclic) bond motifs is 2. The summed E-state index contributed by atoms with van der Waals surface area (Å²) < 4.78 is 7.21. The van der Waals surface area contributed by atoms with E-state index in [-0.39, 0.29) is 30.5 Å². The molecule has 4 rings (SSSR count). The molecule has 2 aromatic heterocycles. The number of aromatic nitrogens is 3. The average Bonchev–Trinajstić information content (AvgIpc) is 3.21. The van der Waals surface area contributed by atoms with Crippen LogP contribution in [0.3, 0.4) is 0 Å². The number of benzene rings is 1. The molecule has 1 aromatic carbocycles. The first kappa shape index (κ1) is 22.0. The maximum Gasteiger partial charge on any atom is 0.339 e. The molecule has 32 heavy (non-hydrogen) atoms. The zero-order valence-electron chi connectivity index (χ0n) is 19.1. The molecule has 2 heterocycles. The lowest BCUT2D eigenvalue weighted by molar-refractivity contribution is -0.125. The van der Waals surface area contributed by atoms with Crippen LogP contribution in [0.2, 0.25) is 0 Å². The normalized spacial score (nSPS) is 15.8. The van der Waals surface area contributed by atoms with Crippen molar-refractivity contribution in [1.82, 2.24) is 20.1 Å². The van der Waals surface area contributed by atoms with E-state index >= 15 is 0 Å². The number of nitrogens with zero attached hydrogens (tertiary/aromatic N) is 3. The van der Waals surface area contributed by atoms with Gasteiger partial charge in [-0.15, -0.1) is 0 Å². The summed E-state index contributed by atoms with van der Waals surface area (Å²) in [4.78, 5) is 30.2. The van der Waals surface area contributed by atoms with Crippen molar-refractivity contribution in [1.29, 1.82) is 0 Å². The van der Waals surface area contributed by atoms with Gasteiger partial charge >= 0.3 is 5.97 Å². The van der Waals surface area contributed by atoms with Crippen LogP contribution in [-0.4, -0.2) is 33.2 Å². The fourth-order valence-corrected chi connectivity index (χ4v) is 4.23. The maximum absolute atomic E-state index is 12.9. The largest absolute Gasteiger partial charge is 0.452 e. The van der Waals surface area contributed by atoms with Gasteiger partial charge in [-0.3, -0.25) is 4.79 Å². The summed E-state index contributed by atoms with van der Waals surface area (Å²) in [5.74, 6) is -0.703. The molecule has 1 N–H and O–H groups in total. The molecule has 1 aliphatic rings. The molecule has 3 aromatic rings. The Morgan fingerprint density at radius 1 is 1.22 bits per heavy atom. The van der Waals surface area contributed by atoms with Gasteiger partial charge in [-0.2, -0.15) is 5.10 Å². The SMILES string of the molecule is CC(C)c1cc(C(=O)OCC(=O)NC2CCCc3ccccc32)c2cnn(C(C)C)c2n1. The summed E-state index contributed by atoms with van der Waals surface area (Å²) >= 11 is 0. The molecule has 1 unspecified atom stereocenters. The Morgan fingerprint density at radius 2 is 2.00 bits per heavy atom. The van der Waals surface area contributed by atoms with Crippen molar-refractivity contribution in [2.75, 3.05) is 6.61 Å². The third kappa shape index (κ3) is 4.38. The number of amides is 1. The van der Waals surface area contributed by atoms with Crippen molar-refractivity contribution in [3.63, 3.8) is 0 Å². The van der Waals surface area contributed by atoms with E-state index in [0.717, 1.165) is 30.5 Å². The molecule has 0 aliphatic heterocycles. The van der Waals surface area contributed by atoms with Gasteiger partial charge in [0.15, 0.2) is 12.3 Å². The lowest BCUT2D eigenvalue weighted by atomic mass is 9.88. The molecule has 1 aliphatic carbocycles. The van der Waals surface area contributed by atoms with Crippen LogP contribution in [0, 0.1) is 0 Å². The number of aryl methyl sites for hydroxylation is 1. The molecule has 0 spiro atoms. The quantitative estimate of drug-likeness (QED) is 0.578. The second-order valence-corrected chi connectivity index (χ2v) is 8.96. The van der Waals surface area contributed by atoms with Crippen LogP contribution in [0.25, 0.3) is 11.0 Å². The monoisotopic (exact) mass is 434 g/mol. The molecular formula is C25H30N4O3. The van der Waals surface area contributed by atoms with Gasteiger partial charge in [0, 0.05) is 11.7 Å². The minimum Gasteiger partial charge on any atom is -0.452 e. The van der Waals surface area contributed by atoms with Gasteiger partial charge in [-0.25, -0.2) is 14.5 Å². The minimum absolute atomic E-state index is 0.0457. The number of hydrogen-bond acceptors (Lipinski definition) is 5. The topological polar surface area (TPSA) is 86.1 Å². The highest BCUT2D eigenvalue weighted by atomic mass is 16.5. The summed E-state index contributed by atoms with van der Waals surface area (Å²) in [7, 11) is 0. The van der Waals surface area contributed by atoms with Crippen molar-refractivity contribution in [3.8, 4) is 0 Å². The van der Waals surface area contributed by atoms with Crippen LogP contribution >= 0.6 is 0 Å². The Kier molecular flexibility index (Phi) is 6.26. The van der Waals surface area contributed by atoms with Gasteiger partial charge in [0.1, 0.15) is 0 Å². The Bertz CT molecular complexity index is 1150. The van der Waals surface area contributed by atoms with E-state index in [2.05, 4.69) is 22.5 Å². The van der Waals surface area contributed by atoms with Crippen molar-refractivity contribution in [3.05, 3.63) is 58.9 Å². The summed E-state index contributed by atoms with van der Waals surface area (Å²) in [5.41, 5.74) is 4.25. The van der Waals surface area contributed by atoms with Crippen molar-refractivity contribution >= 4 is 22.9 Å². The van der Waals surface area contributed by atoms with E-state index < -0.39 is 5.97 Å². The van der Waals surface area contributed by atoms with E-state index in [4.69, 9.17) is 9.72 Å². The third-order valence-corrected chi connectivity index (χ3v) is 5.93.